The summed E-state index contributed by atoms with van der Waals surface area (Å²) in [4.78, 5) is 30.2. The predicted octanol–water partition coefficient (Wildman–Crippen LogP) is 3.13. The van der Waals surface area contributed by atoms with Gasteiger partial charge in [-0.2, -0.15) is 13.2 Å². The molecule has 1 unspecified atom stereocenters. The van der Waals surface area contributed by atoms with Gasteiger partial charge in [0.15, 0.2) is 0 Å². The molecule has 1 saturated carbocycles. The van der Waals surface area contributed by atoms with Crippen LogP contribution in [0.15, 0.2) is 30.5 Å². The first kappa shape index (κ1) is 23.7. The van der Waals surface area contributed by atoms with E-state index in [0.717, 1.165) is 50.9 Å². The van der Waals surface area contributed by atoms with Gasteiger partial charge in [-0.1, -0.05) is 6.07 Å². The average Bonchev–Trinajstić information content (AvgIpc) is 3.25. The minimum atomic E-state index is -4.45. The van der Waals surface area contributed by atoms with Gasteiger partial charge in [0.1, 0.15) is 12.4 Å². The predicted molar refractivity (Wildman–Crippen MR) is 123 cm³/mol. The number of alkyl carbamates (subject to hydrolysis) is 1. The second kappa shape index (κ2) is 9.52. The van der Waals surface area contributed by atoms with E-state index in [1.54, 1.807) is 6.07 Å². The number of rotatable bonds is 6. The van der Waals surface area contributed by atoms with Crippen LogP contribution in [0.25, 0.3) is 10.8 Å². The van der Waals surface area contributed by atoms with Crippen molar-refractivity contribution < 1.29 is 27.5 Å². The molecule has 188 valence electrons. The van der Waals surface area contributed by atoms with Crippen molar-refractivity contribution in [1.29, 1.82) is 0 Å². The van der Waals surface area contributed by atoms with Gasteiger partial charge in [0.2, 0.25) is 5.91 Å². The number of aromatic nitrogens is 1. The number of ether oxygens (including phenoxy) is 1. The lowest BCUT2D eigenvalue weighted by Gasteiger charge is -2.47. The molecular formula is C24H28F3N5O3. The molecule has 5 rings (SSSR count). The minimum absolute atomic E-state index is 0.0573. The maximum absolute atomic E-state index is 13.1. The number of halogens is 3. The summed E-state index contributed by atoms with van der Waals surface area (Å²) < 4.78 is 44.3. The number of benzene rings is 1. The molecule has 8 nitrogen and oxygen atoms in total. The normalized spacial score (nSPS) is 25.6. The second-order valence-corrected chi connectivity index (χ2v) is 9.58. The summed E-state index contributed by atoms with van der Waals surface area (Å²) in [7, 11) is 0. The Morgan fingerprint density at radius 3 is 2.63 bits per heavy atom. The Bertz CT molecular complexity index is 1100. The highest BCUT2D eigenvalue weighted by atomic mass is 19.4. The standard InChI is InChI=1S/C24H28F3N5O3/c25-24(26,27)16-4-1-14-7-8-28-22(19(14)9-16)29-10-21(33)30-17-11-32(12-17)18-5-2-15(3-6-18)20-13-35-23(34)31-20/h1,4,7-9,15,17-18,20H,2-3,5-6,10-13H2,(H,28,29)(H,30,33)(H,31,34). The minimum Gasteiger partial charge on any atom is -0.447 e. The van der Waals surface area contributed by atoms with E-state index in [2.05, 4.69) is 25.8 Å². The Balaban J connectivity index is 1.07. The molecule has 3 fully saturated rings. The number of hydrogen-bond acceptors (Lipinski definition) is 6. The number of alkyl halides is 3. The van der Waals surface area contributed by atoms with Crippen molar-refractivity contribution in [2.45, 2.75) is 50.0 Å². The van der Waals surface area contributed by atoms with Crippen LogP contribution < -0.4 is 16.0 Å². The first-order valence-corrected chi connectivity index (χ1v) is 11.9. The number of hydrogen-bond donors (Lipinski definition) is 3. The molecule has 2 amide bonds. The fraction of sp³-hybridized carbons (Fsp3) is 0.542. The molecule has 0 bridgehead atoms. The van der Waals surface area contributed by atoms with Gasteiger partial charge >= 0.3 is 12.3 Å². The number of amides is 2. The SMILES string of the molecule is O=C(CNc1nccc2ccc(C(F)(F)F)cc12)NC1CN(C2CCC(C3COC(=O)N3)CC2)C1. The lowest BCUT2D eigenvalue weighted by atomic mass is 9.80. The Kier molecular flexibility index (Phi) is 6.43. The number of anilines is 1. The molecule has 1 atom stereocenters. The van der Waals surface area contributed by atoms with Crippen molar-refractivity contribution in [1.82, 2.24) is 20.5 Å². The lowest BCUT2D eigenvalue weighted by Crippen LogP contribution is -2.63. The summed E-state index contributed by atoms with van der Waals surface area (Å²) in [5.74, 6) is 0.483. The van der Waals surface area contributed by atoms with Crippen LogP contribution >= 0.6 is 0 Å². The van der Waals surface area contributed by atoms with Crippen LogP contribution in [-0.2, 0) is 15.7 Å². The van der Waals surface area contributed by atoms with Crippen molar-refractivity contribution in [2.75, 3.05) is 31.6 Å². The third-order valence-electron chi connectivity index (χ3n) is 7.31. The maximum Gasteiger partial charge on any atom is 0.416 e. The topological polar surface area (TPSA) is 95.6 Å². The van der Waals surface area contributed by atoms with Crippen molar-refractivity contribution in [3.63, 3.8) is 0 Å². The fourth-order valence-corrected chi connectivity index (χ4v) is 5.35. The number of carbonyl (C=O) groups excluding carboxylic acids is 2. The van der Waals surface area contributed by atoms with Crippen LogP contribution in [0, 0.1) is 5.92 Å². The first-order valence-electron chi connectivity index (χ1n) is 11.9. The van der Waals surface area contributed by atoms with Gasteiger partial charge < -0.3 is 20.7 Å². The van der Waals surface area contributed by atoms with Crippen LogP contribution in [0.1, 0.15) is 31.2 Å². The molecule has 3 N–H and O–H groups in total. The van der Waals surface area contributed by atoms with Gasteiger partial charge in [-0.15, -0.1) is 0 Å². The summed E-state index contributed by atoms with van der Waals surface area (Å²) >= 11 is 0. The molecule has 1 aliphatic carbocycles. The quantitative estimate of drug-likeness (QED) is 0.575. The van der Waals surface area contributed by atoms with Crippen molar-refractivity contribution in [3.05, 3.63) is 36.0 Å². The van der Waals surface area contributed by atoms with Crippen LogP contribution in [0.3, 0.4) is 0 Å². The third-order valence-corrected chi connectivity index (χ3v) is 7.31. The Morgan fingerprint density at radius 2 is 1.94 bits per heavy atom. The van der Waals surface area contributed by atoms with E-state index in [1.165, 1.54) is 12.3 Å². The molecule has 0 spiro atoms. The summed E-state index contributed by atoms with van der Waals surface area (Å²) in [6.07, 6.45) is 0.944. The number of carbonyl (C=O) groups is 2. The molecule has 2 aromatic rings. The van der Waals surface area contributed by atoms with E-state index in [0.29, 0.717) is 29.3 Å². The number of nitrogens with one attached hydrogen (secondary N) is 3. The zero-order valence-electron chi connectivity index (χ0n) is 19.1. The Hall–Kier alpha value is -3.08. The van der Waals surface area contributed by atoms with E-state index >= 15 is 0 Å². The maximum atomic E-state index is 13.1. The molecule has 3 heterocycles. The van der Waals surface area contributed by atoms with Gasteiger partial charge in [0.25, 0.3) is 0 Å². The van der Waals surface area contributed by atoms with Crippen LogP contribution in [0.5, 0.6) is 0 Å². The fourth-order valence-electron chi connectivity index (χ4n) is 5.35. The lowest BCUT2D eigenvalue weighted by molar-refractivity contribution is -0.137. The van der Waals surface area contributed by atoms with Gasteiger partial charge in [0, 0.05) is 30.7 Å². The van der Waals surface area contributed by atoms with Gasteiger partial charge in [0.05, 0.1) is 24.2 Å². The van der Waals surface area contributed by atoms with Gasteiger partial charge in [-0.05, 0) is 55.2 Å². The Morgan fingerprint density at radius 1 is 1.17 bits per heavy atom. The van der Waals surface area contributed by atoms with Crippen LogP contribution in [0.4, 0.5) is 23.8 Å². The van der Waals surface area contributed by atoms with Crippen LogP contribution in [-0.4, -0.2) is 66.3 Å². The smallest absolute Gasteiger partial charge is 0.416 e. The molecule has 2 aliphatic heterocycles. The average molecular weight is 492 g/mol. The second-order valence-electron chi connectivity index (χ2n) is 9.58. The van der Waals surface area contributed by atoms with Crippen molar-refractivity contribution in [3.8, 4) is 0 Å². The number of pyridine rings is 1. The van der Waals surface area contributed by atoms with Gasteiger partial charge in [-0.25, -0.2) is 9.78 Å². The summed E-state index contributed by atoms with van der Waals surface area (Å²) in [5.41, 5.74) is -0.754. The summed E-state index contributed by atoms with van der Waals surface area (Å²) in [6, 6.07) is 5.78. The highest BCUT2D eigenvalue weighted by molar-refractivity contribution is 5.93. The van der Waals surface area contributed by atoms with Gasteiger partial charge in [-0.3, -0.25) is 9.69 Å². The largest absolute Gasteiger partial charge is 0.447 e. The number of likely N-dealkylation sites (tertiary alicyclic amines) is 1. The summed E-state index contributed by atoms with van der Waals surface area (Å²) in [6.45, 7) is 1.95. The van der Waals surface area contributed by atoms with Crippen LogP contribution in [0.2, 0.25) is 0 Å². The number of nitrogens with zero attached hydrogens (tertiary/aromatic N) is 2. The number of cyclic esters (lactones) is 1. The molecular weight excluding hydrogens is 463 g/mol. The zero-order chi connectivity index (χ0) is 24.6. The molecule has 35 heavy (non-hydrogen) atoms. The Labute approximate surface area is 200 Å². The molecule has 3 aliphatic rings. The first-order chi connectivity index (χ1) is 16.8. The third kappa shape index (κ3) is 5.29. The van der Waals surface area contributed by atoms with Crippen molar-refractivity contribution in [2.24, 2.45) is 5.92 Å². The van der Waals surface area contributed by atoms with E-state index in [9.17, 15) is 22.8 Å². The molecule has 1 aromatic carbocycles. The van der Waals surface area contributed by atoms with E-state index in [4.69, 9.17) is 4.74 Å². The highest BCUT2D eigenvalue weighted by Crippen LogP contribution is 2.34. The molecule has 0 radical (unpaired) electrons. The number of fused-ring (bicyclic) bond motifs is 1. The highest BCUT2D eigenvalue weighted by Gasteiger charge is 2.38. The monoisotopic (exact) mass is 491 g/mol. The molecule has 11 heteroatoms. The molecule has 1 aromatic heterocycles. The zero-order valence-corrected chi connectivity index (χ0v) is 19.1. The van der Waals surface area contributed by atoms with E-state index < -0.39 is 11.7 Å². The van der Waals surface area contributed by atoms with Crippen molar-refractivity contribution >= 4 is 28.6 Å². The van der Waals surface area contributed by atoms with E-state index in [1.807, 2.05) is 0 Å². The summed E-state index contributed by atoms with van der Waals surface area (Å²) in [5, 5.41) is 9.69. The molecule has 2 saturated heterocycles. The van der Waals surface area contributed by atoms with E-state index in [-0.39, 0.29) is 36.4 Å².